The monoisotopic (exact) mass is 343 g/mol. The van der Waals surface area contributed by atoms with Gasteiger partial charge in [-0.2, -0.15) is 0 Å². The number of nitrogens with one attached hydrogen (secondary N) is 1. The van der Waals surface area contributed by atoms with Crippen LogP contribution in [0.5, 0.6) is 0 Å². The molecule has 1 aliphatic heterocycles. The van der Waals surface area contributed by atoms with Crippen molar-refractivity contribution in [3.05, 3.63) is 40.9 Å². The molecule has 0 radical (unpaired) electrons. The quantitative estimate of drug-likeness (QED) is 0.902. The van der Waals surface area contributed by atoms with E-state index in [-0.39, 0.29) is 5.91 Å². The smallest absolute Gasteiger partial charge is 0.253 e. The van der Waals surface area contributed by atoms with Gasteiger partial charge in [-0.1, -0.05) is 13.0 Å². The number of aryl methyl sites for hydroxylation is 1. The van der Waals surface area contributed by atoms with Gasteiger partial charge in [-0.25, -0.2) is 0 Å². The molecule has 3 heterocycles. The van der Waals surface area contributed by atoms with Crippen LogP contribution in [0.2, 0.25) is 0 Å². The standard InChI is InChI=1S/C19H25N3OS/c1-14-5-3-10-22(13-14)11-9-20-19(23)16-7-8-17(21-15(16)2)18-6-4-12-24-18/h4,6-8,12,14H,3,5,9-11,13H2,1-2H3,(H,20,23). The van der Waals surface area contributed by atoms with Gasteiger partial charge in [-0.05, 0) is 55.8 Å². The molecule has 1 amide bonds. The van der Waals surface area contributed by atoms with Crippen molar-refractivity contribution in [1.29, 1.82) is 0 Å². The molecule has 0 saturated carbocycles. The molecular formula is C19H25N3OS. The fourth-order valence-electron chi connectivity index (χ4n) is 3.28. The number of piperidine rings is 1. The van der Waals surface area contributed by atoms with Gasteiger partial charge in [0.25, 0.3) is 5.91 Å². The number of rotatable bonds is 5. The number of carbonyl (C=O) groups excluding carboxylic acids is 1. The second-order valence-electron chi connectivity index (χ2n) is 6.61. The number of amides is 1. The number of pyridine rings is 1. The molecule has 1 fully saturated rings. The number of aromatic nitrogens is 1. The molecule has 1 N–H and O–H groups in total. The molecule has 2 aromatic heterocycles. The molecule has 0 aromatic carbocycles. The lowest BCUT2D eigenvalue weighted by atomic mass is 10.0. The average Bonchev–Trinajstić information content (AvgIpc) is 3.09. The van der Waals surface area contributed by atoms with E-state index in [0.29, 0.717) is 12.1 Å². The number of hydrogen-bond acceptors (Lipinski definition) is 4. The highest BCUT2D eigenvalue weighted by Gasteiger charge is 2.16. The number of thiophene rings is 1. The maximum atomic E-state index is 12.4. The van der Waals surface area contributed by atoms with Crippen molar-refractivity contribution in [3.8, 4) is 10.6 Å². The Morgan fingerprint density at radius 2 is 2.29 bits per heavy atom. The first-order valence-electron chi connectivity index (χ1n) is 8.65. The van der Waals surface area contributed by atoms with Crippen molar-refractivity contribution in [1.82, 2.24) is 15.2 Å². The highest BCUT2D eigenvalue weighted by atomic mass is 32.1. The molecule has 1 unspecified atom stereocenters. The summed E-state index contributed by atoms with van der Waals surface area (Å²) in [5.41, 5.74) is 2.38. The summed E-state index contributed by atoms with van der Waals surface area (Å²) in [4.78, 5) is 20.6. The summed E-state index contributed by atoms with van der Waals surface area (Å²) in [7, 11) is 0. The van der Waals surface area contributed by atoms with Crippen molar-refractivity contribution in [2.24, 2.45) is 5.92 Å². The molecule has 0 spiro atoms. The van der Waals surface area contributed by atoms with Gasteiger partial charge in [0, 0.05) is 19.6 Å². The van der Waals surface area contributed by atoms with Crippen molar-refractivity contribution in [2.45, 2.75) is 26.7 Å². The molecule has 1 atom stereocenters. The molecule has 1 saturated heterocycles. The van der Waals surface area contributed by atoms with Crippen molar-refractivity contribution >= 4 is 17.2 Å². The predicted molar refractivity (Wildman–Crippen MR) is 99.5 cm³/mol. The zero-order valence-electron chi connectivity index (χ0n) is 14.4. The number of hydrogen-bond donors (Lipinski definition) is 1. The molecule has 24 heavy (non-hydrogen) atoms. The third kappa shape index (κ3) is 4.22. The van der Waals surface area contributed by atoms with E-state index in [9.17, 15) is 4.79 Å². The molecule has 0 bridgehead atoms. The van der Waals surface area contributed by atoms with Crippen molar-refractivity contribution < 1.29 is 4.79 Å². The number of nitrogens with zero attached hydrogens (tertiary/aromatic N) is 2. The maximum absolute atomic E-state index is 12.4. The summed E-state index contributed by atoms with van der Waals surface area (Å²) >= 11 is 1.66. The van der Waals surface area contributed by atoms with E-state index >= 15 is 0 Å². The number of likely N-dealkylation sites (tertiary alicyclic amines) is 1. The lowest BCUT2D eigenvalue weighted by Crippen LogP contribution is -2.40. The third-order valence-electron chi connectivity index (χ3n) is 4.56. The number of carbonyl (C=O) groups is 1. The Kier molecular flexibility index (Phi) is 5.63. The Hall–Kier alpha value is -1.72. The van der Waals surface area contributed by atoms with Gasteiger partial charge in [0.1, 0.15) is 0 Å². The van der Waals surface area contributed by atoms with E-state index in [1.165, 1.54) is 12.8 Å². The Morgan fingerprint density at radius 3 is 3.00 bits per heavy atom. The molecule has 5 heteroatoms. The zero-order chi connectivity index (χ0) is 16.9. The summed E-state index contributed by atoms with van der Waals surface area (Å²) in [6.07, 6.45) is 2.59. The molecule has 4 nitrogen and oxygen atoms in total. The second kappa shape index (κ2) is 7.90. The Morgan fingerprint density at radius 1 is 1.42 bits per heavy atom. The van der Waals surface area contributed by atoms with Crippen LogP contribution < -0.4 is 5.32 Å². The van der Waals surface area contributed by atoms with Gasteiger partial charge < -0.3 is 10.2 Å². The van der Waals surface area contributed by atoms with Crippen LogP contribution >= 0.6 is 11.3 Å². The van der Waals surface area contributed by atoms with E-state index in [4.69, 9.17) is 0 Å². The highest BCUT2D eigenvalue weighted by Crippen LogP contribution is 2.23. The van der Waals surface area contributed by atoms with Crippen molar-refractivity contribution in [2.75, 3.05) is 26.2 Å². The van der Waals surface area contributed by atoms with Gasteiger partial charge in [-0.15, -0.1) is 11.3 Å². The topological polar surface area (TPSA) is 45.2 Å². The van der Waals surface area contributed by atoms with Gasteiger partial charge >= 0.3 is 0 Å². The summed E-state index contributed by atoms with van der Waals surface area (Å²) in [6.45, 7) is 8.11. The summed E-state index contributed by atoms with van der Waals surface area (Å²) < 4.78 is 0. The van der Waals surface area contributed by atoms with Gasteiger partial charge in [0.05, 0.1) is 21.8 Å². The predicted octanol–water partition coefficient (Wildman–Crippen LogP) is 3.58. The summed E-state index contributed by atoms with van der Waals surface area (Å²) in [5.74, 6) is 0.744. The Bertz CT molecular complexity index is 684. The Labute approximate surface area is 147 Å². The average molecular weight is 343 g/mol. The lowest BCUT2D eigenvalue weighted by Gasteiger charge is -2.30. The lowest BCUT2D eigenvalue weighted by molar-refractivity contribution is 0.0943. The van der Waals surface area contributed by atoms with E-state index in [1.54, 1.807) is 11.3 Å². The first-order valence-corrected chi connectivity index (χ1v) is 9.53. The maximum Gasteiger partial charge on any atom is 0.253 e. The minimum atomic E-state index is -0.0252. The van der Waals surface area contributed by atoms with E-state index < -0.39 is 0 Å². The van der Waals surface area contributed by atoms with Crippen LogP contribution in [0.4, 0.5) is 0 Å². The van der Waals surface area contributed by atoms with Crippen LogP contribution in [-0.2, 0) is 0 Å². The molecule has 2 aromatic rings. The fourth-order valence-corrected chi connectivity index (χ4v) is 3.97. The Balaban J connectivity index is 1.55. The van der Waals surface area contributed by atoms with Crippen molar-refractivity contribution in [3.63, 3.8) is 0 Å². The summed E-state index contributed by atoms with van der Waals surface area (Å²) in [6, 6.07) is 7.88. The van der Waals surface area contributed by atoms with E-state index in [2.05, 4.69) is 22.1 Å². The second-order valence-corrected chi connectivity index (χ2v) is 7.56. The zero-order valence-corrected chi connectivity index (χ0v) is 15.2. The van der Waals surface area contributed by atoms with E-state index in [1.807, 2.05) is 36.6 Å². The summed E-state index contributed by atoms with van der Waals surface area (Å²) in [5, 5.41) is 5.07. The molecule has 128 valence electrons. The normalized spacial score (nSPS) is 18.5. The largest absolute Gasteiger partial charge is 0.351 e. The molecule has 3 rings (SSSR count). The van der Waals surface area contributed by atoms with Crippen LogP contribution in [0.15, 0.2) is 29.6 Å². The van der Waals surface area contributed by atoms with Crippen LogP contribution in [0.25, 0.3) is 10.6 Å². The van der Waals surface area contributed by atoms with Crippen LogP contribution in [-0.4, -0.2) is 42.0 Å². The third-order valence-corrected chi connectivity index (χ3v) is 5.45. The highest BCUT2D eigenvalue weighted by molar-refractivity contribution is 7.13. The van der Waals surface area contributed by atoms with Gasteiger partial charge in [0.15, 0.2) is 0 Å². The van der Waals surface area contributed by atoms with Gasteiger partial charge in [0.2, 0.25) is 0 Å². The van der Waals surface area contributed by atoms with Crippen LogP contribution in [0.3, 0.4) is 0 Å². The minimum absolute atomic E-state index is 0.0252. The SMILES string of the molecule is Cc1nc(-c2cccs2)ccc1C(=O)NCCN1CCCC(C)C1. The first kappa shape index (κ1) is 17.1. The molecule has 0 aliphatic carbocycles. The van der Waals surface area contributed by atoms with Crippen LogP contribution in [0.1, 0.15) is 35.8 Å². The molecular weight excluding hydrogens is 318 g/mol. The first-order chi connectivity index (χ1) is 11.6. The van der Waals surface area contributed by atoms with E-state index in [0.717, 1.165) is 41.8 Å². The molecule has 1 aliphatic rings. The fraction of sp³-hybridized carbons (Fsp3) is 0.474. The van der Waals surface area contributed by atoms with Gasteiger partial charge in [-0.3, -0.25) is 9.78 Å². The van der Waals surface area contributed by atoms with Crippen LogP contribution in [0, 0.1) is 12.8 Å². The minimum Gasteiger partial charge on any atom is -0.351 e.